The number of aliphatic hydroxyl groups is 1. The van der Waals surface area contributed by atoms with Crippen molar-refractivity contribution in [1.29, 1.82) is 0 Å². The third kappa shape index (κ3) is 1.04. The maximum Gasteiger partial charge on any atom is 0.0722 e. The van der Waals surface area contributed by atoms with E-state index < -0.39 is 0 Å². The Kier molecular flexibility index (Phi) is 1.78. The van der Waals surface area contributed by atoms with Crippen LogP contribution in [0.1, 0.15) is 5.56 Å². The van der Waals surface area contributed by atoms with Crippen LogP contribution < -0.4 is 11.5 Å². The first-order valence-electron chi connectivity index (χ1n) is 2.99. The predicted octanol–water partition coefficient (Wildman–Crippen LogP) is 0.343. The third-order valence-electron chi connectivity index (χ3n) is 1.41. The van der Waals surface area contributed by atoms with Crippen molar-refractivity contribution in [3.8, 4) is 0 Å². The summed E-state index contributed by atoms with van der Waals surface area (Å²) in [7, 11) is 0. The van der Waals surface area contributed by atoms with E-state index in [0.29, 0.717) is 16.9 Å². The molecule has 1 aromatic rings. The van der Waals surface area contributed by atoms with Crippen molar-refractivity contribution in [3.63, 3.8) is 0 Å². The molecule has 0 bridgehead atoms. The summed E-state index contributed by atoms with van der Waals surface area (Å²) in [6, 6.07) is 5.17. The summed E-state index contributed by atoms with van der Waals surface area (Å²) in [4.78, 5) is 0. The molecule has 3 nitrogen and oxygen atoms in total. The van der Waals surface area contributed by atoms with Crippen LogP contribution in [0.4, 0.5) is 11.4 Å². The molecule has 0 unspecified atom stereocenters. The molecule has 0 atom stereocenters. The summed E-state index contributed by atoms with van der Waals surface area (Å²) in [5, 5.41) is 8.74. The molecule has 1 aromatic carbocycles. The van der Waals surface area contributed by atoms with Crippen molar-refractivity contribution in [2.75, 3.05) is 11.5 Å². The van der Waals surface area contributed by atoms with Crippen LogP contribution in [0, 0.1) is 0 Å². The number of hydrogen-bond acceptors (Lipinski definition) is 3. The molecule has 0 spiro atoms. The number of benzene rings is 1. The van der Waals surface area contributed by atoms with Crippen molar-refractivity contribution in [3.05, 3.63) is 23.8 Å². The van der Waals surface area contributed by atoms with E-state index in [2.05, 4.69) is 0 Å². The lowest BCUT2D eigenvalue weighted by Crippen LogP contribution is -1.98. The molecular weight excluding hydrogens is 128 g/mol. The van der Waals surface area contributed by atoms with Gasteiger partial charge in [-0.3, -0.25) is 0 Å². The Hall–Kier alpha value is -1.22. The second-order valence-electron chi connectivity index (χ2n) is 2.07. The monoisotopic (exact) mass is 138 g/mol. The lowest BCUT2D eigenvalue weighted by atomic mass is 10.1. The Balaban J connectivity index is 3.17. The Morgan fingerprint density at radius 3 is 2.00 bits per heavy atom. The lowest BCUT2D eigenvalue weighted by Gasteiger charge is -2.03. The van der Waals surface area contributed by atoms with Crippen LogP contribution in [0.5, 0.6) is 0 Å². The van der Waals surface area contributed by atoms with Crippen LogP contribution in [0.2, 0.25) is 0 Å². The predicted molar refractivity (Wildman–Crippen MR) is 41.2 cm³/mol. The van der Waals surface area contributed by atoms with Crippen LogP contribution >= 0.6 is 0 Å². The number of anilines is 2. The zero-order valence-electron chi connectivity index (χ0n) is 5.54. The Morgan fingerprint density at radius 2 is 1.70 bits per heavy atom. The fraction of sp³-hybridized carbons (Fsp3) is 0.143. The highest BCUT2D eigenvalue weighted by molar-refractivity contribution is 5.60. The van der Waals surface area contributed by atoms with Crippen LogP contribution in [-0.2, 0) is 6.61 Å². The van der Waals surface area contributed by atoms with Crippen LogP contribution in [0.15, 0.2) is 18.2 Å². The average Bonchev–Trinajstić information content (AvgIpc) is 1.88. The molecule has 3 heteroatoms. The van der Waals surface area contributed by atoms with Gasteiger partial charge in [-0.15, -0.1) is 0 Å². The number of nitrogens with two attached hydrogens (primary N) is 2. The zero-order valence-corrected chi connectivity index (χ0v) is 5.54. The fourth-order valence-corrected chi connectivity index (χ4v) is 0.806. The highest BCUT2D eigenvalue weighted by atomic mass is 16.3. The van der Waals surface area contributed by atoms with Gasteiger partial charge in [-0.1, -0.05) is 6.07 Å². The maximum atomic E-state index is 8.74. The van der Waals surface area contributed by atoms with E-state index in [1.165, 1.54) is 0 Å². The Labute approximate surface area is 59.3 Å². The summed E-state index contributed by atoms with van der Waals surface area (Å²) in [5.41, 5.74) is 12.7. The summed E-state index contributed by atoms with van der Waals surface area (Å²) in [6.07, 6.45) is 0. The zero-order chi connectivity index (χ0) is 7.56. The highest BCUT2D eigenvalue weighted by Gasteiger charge is 1.99. The van der Waals surface area contributed by atoms with Gasteiger partial charge in [0.2, 0.25) is 0 Å². The van der Waals surface area contributed by atoms with E-state index >= 15 is 0 Å². The molecule has 0 amide bonds. The van der Waals surface area contributed by atoms with Gasteiger partial charge in [0.15, 0.2) is 0 Å². The fourth-order valence-electron chi connectivity index (χ4n) is 0.806. The van der Waals surface area contributed by atoms with E-state index in [1.54, 1.807) is 18.2 Å². The van der Waals surface area contributed by atoms with E-state index in [9.17, 15) is 0 Å². The lowest BCUT2D eigenvalue weighted by molar-refractivity contribution is 0.283. The van der Waals surface area contributed by atoms with Crippen molar-refractivity contribution in [2.45, 2.75) is 6.61 Å². The molecule has 10 heavy (non-hydrogen) atoms. The minimum absolute atomic E-state index is 0.0987. The molecule has 0 aromatic heterocycles. The van der Waals surface area contributed by atoms with E-state index in [4.69, 9.17) is 16.6 Å². The van der Waals surface area contributed by atoms with Gasteiger partial charge in [0.1, 0.15) is 0 Å². The van der Waals surface area contributed by atoms with Gasteiger partial charge in [-0.2, -0.15) is 0 Å². The van der Waals surface area contributed by atoms with Crippen molar-refractivity contribution in [2.24, 2.45) is 0 Å². The van der Waals surface area contributed by atoms with Crippen LogP contribution in [-0.4, -0.2) is 5.11 Å². The van der Waals surface area contributed by atoms with E-state index in [0.717, 1.165) is 0 Å². The molecule has 54 valence electrons. The van der Waals surface area contributed by atoms with Crippen LogP contribution in [0.3, 0.4) is 0 Å². The molecule has 0 aliphatic rings. The maximum absolute atomic E-state index is 8.74. The van der Waals surface area contributed by atoms with E-state index in [-0.39, 0.29) is 6.61 Å². The van der Waals surface area contributed by atoms with Crippen molar-refractivity contribution >= 4 is 11.4 Å². The molecule has 0 saturated heterocycles. The minimum atomic E-state index is -0.0987. The van der Waals surface area contributed by atoms with Gasteiger partial charge in [0.05, 0.1) is 6.61 Å². The van der Waals surface area contributed by atoms with Crippen LogP contribution in [0.25, 0.3) is 0 Å². The normalized spacial score (nSPS) is 9.70. The Morgan fingerprint density at radius 1 is 1.20 bits per heavy atom. The van der Waals surface area contributed by atoms with E-state index in [1.807, 2.05) is 0 Å². The summed E-state index contributed by atoms with van der Waals surface area (Å²) < 4.78 is 0. The van der Waals surface area contributed by atoms with Gasteiger partial charge >= 0.3 is 0 Å². The number of hydrogen-bond donors (Lipinski definition) is 3. The number of aliphatic hydroxyl groups excluding tert-OH is 1. The van der Waals surface area contributed by atoms with Gasteiger partial charge in [0, 0.05) is 16.9 Å². The standard InChI is InChI=1S/C7H10N2O/c8-6-2-1-3-7(9)5(6)4-10/h1-3,10H,4,8-9H2. The van der Waals surface area contributed by atoms with Gasteiger partial charge in [-0.05, 0) is 12.1 Å². The Bertz CT molecular complexity index is 215. The second-order valence-corrected chi connectivity index (χ2v) is 2.07. The largest absolute Gasteiger partial charge is 0.398 e. The smallest absolute Gasteiger partial charge is 0.0722 e. The molecule has 0 aliphatic carbocycles. The molecule has 0 saturated carbocycles. The first kappa shape index (κ1) is 6.89. The number of nitrogen functional groups attached to an aromatic ring is 2. The summed E-state index contributed by atoms with van der Waals surface area (Å²) in [6.45, 7) is -0.0987. The molecule has 5 N–H and O–H groups in total. The quantitative estimate of drug-likeness (QED) is 0.490. The number of rotatable bonds is 1. The van der Waals surface area contributed by atoms with Gasteiger partial charge < -0.3 is 16.6 Å². The molecule has 0 fully saturated rings. The molecule has 0 heterocycles. The van der Waals surface area contributed by atoms with Gasteiger partial charge in [-0.25, -0.2) is 0 Å². The summed E-state index contributed by atoms with van der Waals surface area (Å²) in [5.74, 6) is 0. The average molecular weight is 138 g/mol. The first-order valence-corrected chi connectivity index (χ1v) is 2.99. The minimum Gasteiger partial charge on any atom is -0.398 e. The molecule has 1 rings (SSSR count). The molecule has 0 radical (unpaired) electrons. The SMILES string of the molecule is Nc1cccc(N)c1CO. The van der Waals surface area contributed by atoms with Gasteiger partial charge in [0.25, 0.3) is 0 Å². The highest BCUT2D eigenvalue weighted by Crippen LogP contribution is 2.17. The first-order chi connectivity index (χ1) is 4.75. The summed E-state index contributed by atoms with van der Waals surface area (Å²) >= 11 is 0. The third-order valence-corrected chi connectivity index (χ3v) is 1.41. The topological polar surface area (TPSA) is 72.3 Å². The molecular formula is C7H10N2O. The van der Waals surface area contributed by atoms with Crippen molar-refractivity contribution in [1.82, 2.24) is 0 Å². The molecule has 0 aliphatic heterocycles. The van der Waals surface area contributed by atoms with Crippen molar-refractivity contribution < 1.29 is 5.11 Å². The second kappa shape index (κ2) is 2.58.